The van der Waals surface area contributed by atoms with Crippen molar-refractivity contribution in [3.05, 3.63) is 12.2 Å². The highest BCUT2D eigenvalue weighted by Crippen LogP contribution is 2.25. The molecule has 1 rings (SSSR count). The Labute approximate surface area is 83.9 Å². The Morgan fingerprint density at radius 2 is 2.15 bits per heavy atom. The van der Waals surface area contributed by atoms with Crippen LogP contribution in [0.4, 0.5) is 0 Å². The number of alkyl halides is 1. The Morgan fingerprint density at radius 1 is 1.46 bits per heavy atom. The van der Waals surface area contributed by atoms with Gasteiger partial charge < -0.3 is 4.74 Å². The largest absolute Gasteiger partial charge is 0.461 e. The van der Waals surface area contributed by atoms with E-state index in [1.807, 2.05) is 6.08 Å². The van der Waals surface area contributed by atoms with Crippen molar-refractivity contribution in [3.8, 4) is 0 Å². The number of carbonyl (C=O) groups is 1. The predicted molar refractivity (Wildman–Crippen MR) is 52.8 cm³/mol. The van der Waals surface area contributed by atoms with Gasteiger partial charge in [0.2, 0.25) is 0 Å². The molecule has 1 aliphatic rings. The maximum Gasteiger partial charge on any atom is 0.330 e. The summed E-state index contributed by atoms with van der Waals surface area (Å²) >= 11 is 5.37. The lowest BCUT2D eigenvalue weighted by atomic mass is 10.1. The molecule has 0 radical (unpaired) electrons. The van der Waals surface area contributed by atoms with Gasteiger partial charge in [-0.2, -0.15) is 0 Å². The van der Waals surface area contributed by atoms with Crippen LogP contribution in [0.15, 0.2) is 12.2 Å². The first kappa shape index (κ1) is 10.6. The van der Waals surface area contributed by atoms with Crippen LogP contribution in [0, 0.1) is 5.92 Å². The maximum absolute atomic E-state index is 11.0. The van der Waals surface area contributed by atoms with Crippen LogP contribution in [-0.2, 0) is 9.53 Å². The summed E-state index contributed by atoms with van der Waals surface area (Å²) in [7, 11) is 0. The Bertz CT molecular complexity index is 183. The first-order valence-corrected chi connectivity index (χ1v) is 5.27. The van der Waals surface area contributed by atoms with Gasteiger partial charge in [0.1, 0.15) is 6.61 Å². The van der Waals surface area contributed by atoms with E-state index < -0.39 is 0 Å². The van der Waals surface area contributed by atoms with Gasteiger partial charge in [0.25, 0.3) is 0 Å². The second-order valence-corrected chi connectivity index (χ2v) is 3.64. The third-order valence-electron chi connectivity index (χ3n) is 2.23. The summed E-state index contributed by atoms with van der Waals surface area (Å²) in [6.07, 6.45) is 8.47. The van der Waals surface area contributed by atoms with Gasteiger partial charge in [-0.05, 0) is 18.8 Å². The zero-order valence-corrected chi connectivity index (χ0v) is 8.43. The summed E-state index contributed by atoms with van der Waals surface area (Å²) in [6, 6.07) is 0. The molecule has 0 aromatic heterocycles. The van der Waals surface area contributed by atoms with Crippen molar-refractivity contribution in [2.24, 2.45) is 5.92 Å². The number of hydrogen-bond acceptors (Lipinski definition) is 2. The van der Waals surface area contributed by atoms with Crippen molar-refractivity contribution in [1.82, 2.24) is 0 Å². The highest BCUT2D eigenvalue weighted by atomic mass is 35.5. The third kappa shape index (κ3) is 4.32. The Balaban J connectivity index is 2.17. The van der Waals surface area contributed by atoms with Crippen LogP contribution in [-0.4, -0.2) is 18.5 Å². The summed E-state index contributed by atoms with van der Waals surface area (Å²) < 4.78 is 4.79. The molecule has 1 fully saturated rings. The van der Waals surface area contributed by atoms with Crippen LogP contribution in [0.2, 0.25) is 0 Å². The molecule has 1 aliphatic carbocycles. The molecule has 0 unspecified atom stereocenters. The lowest BCUT2D eigenvalue weighted by Crippen LogP contribution is -2.03. The molecule has 0 bridgehead atoms. The maximum atomic E-state index is 11.0. The zero-order chi connectivity index (χ0) is 9.52. The highest BCUT2D eigenvalue weighted by Gasteiger charge is 2.11. The number of carbonyl (C=O) groups excluding carboxylic acids is 1. The average Bonchev–Trinajstić information content (AvgIpc) is 2.64. The summed E-state index contributed by atoms with van der Waals surface area (Å²) in [5.41, 5.74) is 0. The molecule has 74 valence electrons. The quantitative estimate of drug-likeness (QED) is 0.398. The molecule has 0 aliphatic heterocycles. The second-order valence-electron chi connectivity index (χ2n) is 3.26. The molecule has 0 aromatic rings. The Hall–Kier alpha value is -0.500. The molecule has 0 spiro atoms. The van der Waals surface area contributed by atoms with E-state index in [0.29, 0.717) is 18.4 Å². The van der Waals surface area contributed by atoms with Gasteiger partial charge in [0.05, 0.1) is 5.88 Å². The van der Waals surface area contributed by atoms with Crippen molar-refractivity contribution >= 4 is 17.6 Å². The summed E-state index contributed by atoms with van der Waals surface area (Å²) in [5.74, 6) is 0.680. The fourth-order valence-corrected chi connectivity index (χ4v) is 1.63. The molecule has 2 nitrogen and oxygen atoms in total. The summed E-state index contributed by atoms with van der Waals surface area (Å²) in [4.78, 5) is 11.0. The number of ether oxygens (including phenoxy) is 1. The van der Waals surface area contributed by atoms with Gasteiger partial charge in [0.15, 0.2) is 0 Å². The minimum atomic E-state index is -0.271. The first-order chi connectivity index (χ1) is 6.33. The van der Waals surface area contributed by atoms with Gasteiger partial charge in [-0.25, -0.2) is 4.79 Å². The van der Waals surface area contributed by atoms with E-state index >= 15 is 0 Å². The zero-order valence-electron chi connectivity index (χ0n) is 7.67. The summed E-state index contributed by atoms with van der Waals surface area (Å²) in [6.45, 7) is 0.301. The molecule has 0 atom stereocenters. The predicted octanol–water partition coefficient (Wildman–Crippen LogP) is 2.51. The number of halogens is 1. The molecule has 0 heterocycles. The van der Waals surface area contributed by atoms with E-state index in [0.717, 1.165) is 0 Å². The molecule has 3 heteroatoms. The van der Waals surface area contributed by atoms with Gasteiger partial charge in [-0.1, -0.05) is 18.9 Å². The molecule has 0 N–H and O–H groups in total. The van der Waals surface area contributed by atoms with Crippen molar-refractivity contribution in [2.75, 3.05) is 12.5 Å². The van der Waals surface area contributed by atoms with Crippen LogP contribution >= 0.6 is 11.6 Å². The fourth-order valence-electron chi connectivity index (χ4n) is 1.55. The molecular formula is C10H15ClO2. The highest BCUT2D eigenvalue weighted by molar-refractivity contribution is 6.18. The number of allylic oxidation sites excluding steroid dienone is 1. The van der Waals surface area contributed by atoms with Crippen LogP contribution in [0.3, 0.4) is 0 Å². The summed E-state index contributed by atoms with van der Waals surface area (Å²) in [5, 5.41) is 0. The van der Waals surface area contributed by atoms with Crippen molar-refractivity contribution in [2.45, 2.75) is 25.7 Å². The molecular weight excluding hydrogens is 188 g/mol. The van der Waals surface area contributed by atoms with Crippen LogP contribution < -0.4 is 0 Å². The molecule has 13 heavy (non-hydrogen) atoms. The van der Waals surface area contributed by atoms with E-state index in [4.69, 9.17) is 16.3 Å². The van der Waals surface area contributed by atoms with E-state index in [1.165, 1.54) is 31.8 Å². The smallest absolute Gasteiger partial charge is 0.330 e. The normalized spacial score (nSPS) is 18.2. The van der Waals surface area contributed by atoms with E-state index in [9.17, 15) is 4.79 Å². The molecule has 1 saturated carbocycles. The van der Waals surface area contributed by atoms with E-state index in [2.05, 4.69) is 0 Å². The standard InChI is InChI=1S/C10H15ClO2/c11-7-8-13-10(12)6-5-9-3-1-2-4-9/h5-6,9H,1-4,7-8H2/b6-5+. The van der Waals surface area contributed by atoms with Crippen LogP contribution in [0.25, 0.3) is 0 Å². The first-order valence-electron chi connectivity index (χ1n) is 4.74. The Kier molecular flexibility index (Phi) is 4.91. The minimum Gasteiger partial charge on any atom is -0.461 e. The van der Waals surface area contributed by atoms with Crippen molar-refractivity contribution < 1.29 is 9.53 Å². The van der Waals surface area contributed by atoms with Gasteiger partial charge in [-0.3, -0.25) is 0 Å². The van der Waals surface area contributed by atoms with Crippen molar-refractivity contribution in [3.63, 3.8) is 0 Å². The average molecular weight is 203 g/mol. The third-order valence-corrected chi connectivity index (χ3v) is 2.38. The van der Waals surface area contributed by atoms with Gasteiger partial charge in [0, 0.05) is 6.08 Å². The fraction of sp³-hybridized carbons (Fsp3) is 0.700. The number of rotatable bonds is 4. The molecule has 0 saturated heterocycles. The SMILES string of the molecule is O=C(/C=C/C1CCCC1)OCCCl. The topological polar surface area (TPSA) is 26.3 Å². The second kappa shape index (κ2) is 6.03. The monoisotopic (exact) mass is 202 g/mol. The number of hydrogen-bond donors (Lipinski definition) is 0. The van der Waals surface area contributed by atoms with Crippen LogP contribution in [0.5, 0.6) is 0 Å². The lowest BCUT2D eigenvalue weighted by molar-refractivity contribution is -0.137. The lowest BCUT2D eigenvalue weighted by Gasteiger charge is -2.00. The van der Waals surface area contributed by atoms with Gasteiger partial charge in [-0.15, -0.1) is 11.6 Å². The Morgan fingerprint density at radius 3 is 2.77 bits per heavy atom. The number of esters is 1. The molecule has 0 amide bonds. The molecule has 0 aromatic carbocycles. The van der Waals surface area contributed by atoms with Gasteiger partial charge >= 0.3 is 5.97 Å². The van der Waals surface area contributed by atoms with E-state index in [1.54, 1.807) is 0 Å². The van der Waals surface area contributed by atoms with Crippen LogP contribution in [0.1, 0.15) is 25.7 Å². The van der Waals surface area contributed by atoms with Crippen molar-refractivity contribution in [1.29, 1.82) is 0 Å². The van der Waals surface area contributed by atoms with E-state index in [-0.39, 0.29) is 5.97 Å². The minimum absolute atomic E-state index is 0.271.